The van der Waals surface area contributed by atoms with Gasteiger partial charge in [-0.3, -0.25) is 19.1 Å². The average molecular weight is 456 g/mol. The number of benzene rings is 1. The Kier molecular flexibility index (Phi) is 5.98. The maximum absolute atomic E-state index is 13.1. The molecule has 0 radical (unpaired) electrons. The van der Waals surface area contributed by atoms with Crippen LogP contribution in [0.1, 0.15) is 42.8 Å². The minimum absolute atomic E-state index is 0.0189. The van der Waals surface area contributed by atoms with Gasteiger partial charge in [-0.1, -0.05) is 6.07 Å². The van der Waals surface area contributed by atoms with Crippen molar-refractivity contribution in [1.82, 2.24) is 24.4 Å². The summed E-state index contributed by atoms with van der Waals surface area (Å²) in [5, 5.41) is 21.5. The quantitative estimate of drug-likeness (QED) is 0.452. The lowest BCUT2D eigenvalue weighted by Gasteiger charge is -2.34. The number of carbonyl (C=O) groups excluding carboxylic acids is 1. The summed E-state index contributed by atoms with van der Waals surface area (Å²) < 4.78 is 1.25. The maximum Gasteiger partial charge on any atom is 0.328 e. The van der Waals surface area contributed by atoms with Gasteiger partial charge in [-0.2, -0.15) is 0 Å². The number of likely N-dealkylation sites (tertiary alicyclic amines) is 1. The zero-order chi connectivity index (χ0) is 23.9. The molecule has 4 rings (SSSR count). The molecule has 0 bridgehead atoms. The van der Waals surface area contributed by atoms with E-state index >= 15 is 0 Å². The number of hydrogen-bond donors (Lipinski definition) is 4. The van der Waals surface area contributed by atoms with Gasteiger partial charge in [0, 0.05) is 44.1 Å². The number of nitrogens with one attached hydrogen (secondary N) is 2. The molecule has 1 aliphatic rings. The van der Waals surface area contributed by atoms with Crippen LogP contribution >= 0.6 is 0 Å². The van der Waals surface area contributed by atoms with Crippen LogP contribution in [0.25, 0.3) is 11.0 Å². The molecule has 1 saturated heterocycles. The number of aliphatic hydroxyl groups is 2. The van der Waals surface area contributed by atoms with Crippen LogP contribution in [0.15, 0.2) is 34.0 Å². The summed E-state index contributed by atoms with van der Waals surface area (Å²) in [7, 11) is 0. The third kappa shape index (κ3) is 4.76. The van der Waals surface area contributed by atoms with Crippen molar-refractivity contribution in [3.8, 4) is 0 Å². The average Bonchev–Trinajstić information content (AvgIpc) is 3.08. The molecule has 1 fully saturated rings. The molecule has 3 aromatic rings. The number of aromatic amines is 2. The van der Waals surface area contributed by atoms with Crippen molar-refractivity contribution in [1.29, 1.82) is 0 Å². The molecule has 33 heavy (non-hydrogen) atoms. The van der Waals surface area contributed by atoms with Crippen LogP contribution in [0.4, 0.5) is 0 Å². The van der Waals surface area contributed by atoms with Crippen molar-refractivity contribution in [2.45, 2.75) is 57.8 Å². The standard InChI is InChI=1S/C23H29N5O5/c1-13-4-5-16-17(8-13)25-19(24-16)6-7-20(30)27-11-15(29)9-23(3,33)18(12-27)28-10-14(2)21(31)26-22(28)32/h4-5,8,10,15,18,29,33H,6-7,9,11-12H2,1-3H3,(H,24,25)(H,26,31,32)/t15-,18+,23+/m1/s1. The number of nitrogens with zero attached hydrogens (tertiary/aromatic N) is 3. The number of rotatable bonds is 4. The fourth-order valence-electron chi connectivity index (χ4n) is 4.50. The van der Waals surface area contributed by atoms with Gasteiger partial charge in [0.05, 0.1) is 28.8 Å². The van der Waals surface area contributed by atoms with Gasteiger partial charge < -0.3 is 20.1 Å². The Balaban J connectivity index is 1.55. The minimum Gasteiger partial charge on any atom is -0.391 e. The molecule has 3 heterocycles. The van der Waals surface area contributed by atoms with Gasteiger partial charge >= 0.3 is 5.69 Å². The van der Waals surface area contributed by atoms with Crippen molar-refractivity contribution in [2.75, 3.05) is 13.1 Å². The van der Waals surface area contributed by atoms with E-state index in [2.05, 4.69) is 15.0 Å². The number of aliphatic hydroxyl groups excluding tert-OH is 1. The van der Waals surface area contributed by atoms with Crippen LogP contribution in [-0.2, 0) is 11.2 Å². The summed E-state index contributed by atoms with van der Waals surface area (Å²) in [6.07, 6.45) is 0.951. The van der Waals surface area contributed by atoms with E-state index in [0.29, 0.717) is 17.8 Å². The predicted octanol–water partition coefficient (Wildman–Crippen LogP) is 0.548. The van der Waals surface area contributed by atoms with Crippen molar-refractivity contribution >= 4 is 16.9 Å². The molecule has 1 aliphatic heterocycles. The van der Waals surface area contributed by atoms with Crippen LogP contribution in [0.5, 0.6) is 0 Å². The molecule has 0 unspecified atom stereocenters. The topological polar surface area (TPSA) is 144 Å². The van der Waals surface area contributed by atoms with Gasteiger partial charge in [-0.25, -0.2) is 9.78 Å². The summed E-state index contributed by atoms with van der Waals surface area (Å²) in [5.41, 5.74) is 0.519. The molecular formula is C23H29N5O5. The zero-order valence-electron chi connectivity index (χ0n) is 19.0. The normalized spacial score (nSPS) is 23.6. The van der Waals surface area contributed by atoms with E-state index < -0.39 is 29.0 Å². The highest BCUT2D eigenvalue weighted by atomic mass is 16.3. The molecule has 1 amide bonds. The zero-order valence-corrected chi connectivity index (χ0v) is 19.0. The maximum atomic E-state index is 13.1. The number of imidazole rings is 1. The monoisotopic (exact) mass is 455 g/mol. The van der Waals surface area contributed by atoms with Crippen molar-refractivity contribution in [3.05, 3.63) is 62.2 Å². The van der Waals surface area contributed by atoms with Gasteiger partial charge in [0.2, 0.25) is 5.91 Å². The number of carbonyl (C=O) groups is 1. The lowest BCUT2D eigenvalue weighted by Crippen LogP contribution is -2.47. The highest BCUT2D eigenvalue weighted by Gasteiger charge is 2.41. The van der Waals surface area contributed by atoms with E-state index in [0.717, 1.165) is 16.6 Å². The summed E-state index contributed by atoms with van der Waals surface area (Å²) >= 11 is 0. The lowest BCUT2D eigenvalue weighted by atomic mass is 9.91. The molecular weight excluding hydrogens is 426 g/mol. The number of amides is 1. The third-order valence-corrected chi connectivity index (χ3v) is 6.29. The van der Waals surface area contributed by atoms with E-state index in [9.17, 15) is 24.6 Å². The van der Waals surface area contributed by atoms with Crippen molar-refractivity contribution < 1.29 is 15.0 Å². The predicted molar refractivity (Wildman–Crippen MR) is 122 cm³/mol. The second kappa shape index (κ2) is 8.60. The number of hydrogen-bond acceptors (Lipinski definition) is 6. The fraction of sp³-hybridized carbons (Fsp3) is 0.478. The fourth-order valence-corrected chi connectivity index (χ4v) is 4.50. The second-order valence-electron chi connectivity index (χ2n) is 9.21. The first-order valence-electron chi connectivity index (χ1n) is 11.0. The van der Waals surface area contributed by atoms with Crippen LogP contribution in [0, 0.1) is 13.8 Å². The van der Waals surface area contributed by atoms with Crippen LogP contribution < -0.4 is 11.2 Å². The Labute approximate surface area is 189 Å². The van der Waals surface area contributed by atoms with Crippen molar-refractivity contribution in [3.63, 3.8) is 0 Å². The number of aryl methyl sites for hydroxylation is 3. The summed E-state index contributed by atoms with van der Waals surface area (Å²) in [4.78, 5) is 48.8. The molecule has 3 atom stereocenters. The Morgan fingerprint density at radius 3 is 2.76 bits per heavy atom. The number of H-pyrrole nitrogens is 2. The Bertz CT molecular complexity index is 1300. The van der Waals surface area contributed by atoms with E-state index in [-0.39, 0.29) is 31.8 Å². The summed E-state index contributed by atoms with van der Waals surface area (Å²) in [6, 6.07) is 5.06. The molecule has 4 N–H and O–H groups in total. The van der Waals surface area contributed by atoms with Crippen LogP contribution in [-0.4, -0.2) is 65.3 Å². The number of aromatic nitrogens is 4. The Hall–Kier alpha value is -3.24. The van der Waals surface area contributed by atoms with Gasteiger partial charge in [0.25, 0.3) is 5.56 Å². The van der Waals surface area contributed by atoms with E-state index in [1.165, 1.54) is 22.6 Å². The Morgan fingerprint density at radius 2 is 2.00 bits per heavy atom. The summed E-state index contributed by atoms with van der Waals surface area (Å²) in [5.74, 6) is 0.470. The third-order valence-electron chi connectivity index (χ3n) is 6.29. The number of β-amino-alcohol motifs (C(OH)–C–C–N with tert-alkyl or cyclic N) is 1. The second-order valence-corrected chi connectivity index (χ2v) is 9.21. The smallest absolute Gasteiger partial charge is 0.328 e. The minimum atomic E-state index is -1.47. The molecule has 0 spiro atoms. The molecule has 176 valence electrons. The van der Waals surface area contributed by atoms with Gasteiger partial charge in [0.1, 0.15) is 5.82 Å². The van der Waals surface area contributed by atoms with E-state index in [4.69, 9.17) is 0 Å². The highest BCUT2D eigenvalue weighted by molar-refractivity contribution is 5.78. The first-order chi connectivity index (χ1) is 15.5. The van der Waals surface area contributed by atoms with Gasteiger partial charge in [-0.05, 0) is 38.5 Å². The Morgan fingerprint density at radius 1 is 1.24 bits per heavy atom. The van der Waals surface area contributed by atoms with Gasteiger partial charge in [-0.15, -0.1) is 0 Å². The SMILES string of the molecule is Cc1ccc2nc(CCC(=O)N3C[C@H](O)C[C@](C)(O)[C@@H](n4cc(C)c(=O)[nH]c4=O)C3)[nH]c2c1. The van der Waals surface area contributed by atoms with Gasteiger partial charge in [0.15, 0.2) is 0 Å². The molecule has 0 saturated carbocycles. The first kappa shape index (κ1) is 22.9. The molecule has 10 heteroatoms. The largest absolute Gasteiger partial charge is 0.391 e. The molecule has 2 aromatic heterocycles. The first-order valence-corrected chi connectivity index (χ1v) is 11.0. The molecule has 1 aromatic carbocycles. The van der Waals surface area contributed by atoms with Crippen LogP contribution in [0.3, 0.4) is 0 Å². The highest BCUT2D eigenvalue weighted by Crippen LogP contribution is 2.31. The lowest BCUT2D eigenvalue weighted by molar-refractivity contribution is -0.132. The van der Waals surface area contributed by atoms with E-state index in [1.54, 1.807) is 6.92 Å². The van der Waals surface area contributed by atoms with Crippen LogP contribution in [0.2, 0.25) is 0 Å². The summed E-state index contributed by atoms with van der Waals surface area (Å²) in [6.45, 7) is 5.15. The molecule has 10 nitrogen and oxygen atoms in total. The molecule has 0 aliphatic carbocycles. The number of fused-ring (bicyclic) bond motifs is 1. The van der Waals surface area contributed by atoms with E-state index in [1.807, 2.05) is 25.1 Å². The van der Waals surface area contributed by atoms with Crippen molar-refractivity contribution in [2.24, 2.45) is 0 Å².